The molecule has 0 unspecified atom stereocenters. The van der Waals surface area contributed by atoms with Gasteiger partial charge in [-0.2, -0.15) is 0 Å². The average molecular weight is 236 g/mol. The van der Waals surface area contributed by atoms with Crippen LogP contribution in [0, 0.1) is 6.92 Å². The Morgan fingerprint density at radius 3 is 2.72 bits per heavy atom. The number of hydrogen-bond acceptors (Lipinski definition) is 4. The topological polar surface area (TPSA) is 64.7 Å². The van der Waals surface area contributed by atoms with E-state index in [2.05, 4.69) is 15.0 Å². The zero-order chi connectivity index (χ0) is 12.5. The lowest BCUT2D eigenvalue weighted by Gasteiger charge is -2.06. The van der Waals surface area contributed by atoms with Crippen LogP contribution < -0.4 is 5.73 Å². The smallest absolute Gasteiger partial charge is 0.149 e. The largest absolute Gasteiger partial charge is 0.382 e. The van der Waals surface area contributed by atoms with Crippen LogP contribution in [0.4, 0.5) is 5.82 Å². The van der Waals surface area contributed by atoms with Crippen LogP contribution in [0.3, 0.4) is 0 Å². The lowest BCUT2D eigenvalue weighted by atomic mass is 10.1. The zero-order valence-corrected chi connectivity index (χ0v) is 9.96. The van der Waals surface area contributed by atoms with Crippen molar-refractivity contribution in [2.24, 2.45) is 0 Å². The summed E-state index contributed by atoms with van der Waals surface area (Å²) in [5, 5.41) is 0.986. The Hall–Kier alpha value is -2.49. The van der Waals surface area contributed by atoms with Crippen molar-refractivity contribution in [3.05, 3.63) is 48.3 Å². The van der Waals surface area contributed by atoms with E-state index in [-0.39, 0.29) is 0 Å². The van der Waals surface area contributed by atoms with Crippen LogP contribution in [0.15, 0.2) is 42.7 Å². The van der Waals surface area contributed by atoms with Crippen LogP contribution >= 0.6 is 0 Å². The van der Waals surface area contributed by atoms with Crippen LogP contribution in [-0.2, 0) is 0 Å². The molecule has 0 aromatic carbocycles. The van der Waals surface area contributed by atoms with E-state index in [1.54, 1.807) is 12.4 Å². The number of nitrogens with zero attached hydrogens (tertiary/aromatic N) is 3. The molecule has 3 aromatic rings. The molecule has 4 nitrogen and oxygen atoms in total. The molecule has 0 saturated heterocycles. The predicted octanol–water partition coefficient (Wildman–Crippen LogP) is 2.58. The van der Waals surface area contributed by atoms with Gasteiger partial charge in [0.15, 0.2) is 0 Å². The van der Waals surface area contributed by atoms with Crippen molar-refractivity contribution in [3.63, 3.8) is 0 Å². The molecule has 0 aliphatic heterocycles. The van der Waals surface area contributed by atoms with Gasteiger partial charge in [-0.15, -0.1) is 0 Å². The summed E-state index contributed by atoms with van der Waals surface area (Å²) < 4.78 is 0. The summed E-state index contributed by atoms with van der Waals surface area (Å²) >= 11 is 0. The summed E-state index contributed by atoms with van der Waals surface area (Å²) in [7, 11) is 0. The van der Waals surface area contributed by atoms with Crippen LogP contribution in [0.25, 0.3) is 22.3 Å². The van der Waals surface area contributed by atoms with Crippen molar-refractivity contribution in [1.82, 2.24) is 15.0 Å². The molecule has 3 rings (SSSR count). The number of anilines is 1. The van der Waals surface area contributed by atoms with Gasteiger partial charge in [0.1, 0.15) is 11.3 Å². The minimum absolute atomic E-state index is 0.447. The molecule has 0 saturated carbocycles. The number of aryl methyl sites for hydroxylation is 1. The van der Waals surface area contributed by atoms with Crippen molar-refractivity contribution < 1.29 is 0 Å². The first kappa shape index (κ1) is 10.7. The quantitative estimate of drug-likeness (QED) is 0.705. The Balaban J connectivity index is 2.26. The lowest BCUT2D eigenvalue weighted by molar-refractivity contribution is 1.23. The van der Waals surface area contributed by atoms with Crippen LogP contribution in [0.5, 0.6) is 0 Å². The maximum Gasteiger partial charge on any atom is 0.149 e. The van der Waals surface area contributed by atoms with E-state index in [0.717, 1.165) is 27.9 Å². The molecule has 0 radical (unpaired) electrons. The second-order valence-electron chi connectivity index (χ2n) is 4.13. The van der Waals surface area contributed by atoms with E-state index >= 15 is 0 Å². The molecule has 4 heteroatoms. The first-order valence-corrected chi connectivity index (χ1v) is 5.69. The zero-order valence-electron chi connectivity index (χ0n) is 9.96. The summed E-state index contributed by atoms with van der Waals surface area (Å²) in [6, 6.07) is 9.77. The van der Waals surface area contributed by atoms with Gasteiger partial charge in [-0.1, -0.05) is 12.1 Å². The Morgan fingerprint density at radius 2 is 1.89 bits per heavy atom. The van der Waals surface area contributed by atoms with Gasteiger partial charge in [-0.3, -0.25) is 4.98 Å². The Bertz CT molecular complexity index is 722. The maximum atomic E-state index is 5.85. The summed E-state index contributed by atoms with van der Waals surface area (Å²) in [5.41, 5.74) is 9.36. The Kier molecular flexibility index (Phi) is 2.41. The van der Waals surface area contributed by atoms with Gasteiger partial charge in [-0.25, -0.2) is 9.97 Å². The van der Waals surface area contributed by atoms with E-state index in [0.29, 0.717) is 5.82 Å². The van der Waals surface area contributed by atoms with E-state index < -0.39 is 0 Å². The van der Waals surface area contributed by atoms with Gasteiger partial charge in [-0.05, 0) is 30.7 Å². The number of aromatic nitrogens is 3. The van der Waals surface area contributed by atoms with Crippen LogP contribution in [-0.4, -0.2) is 15.0 Å². The van der Waals surface area contributed by atoms with Gasteiger partial charge in [0, 0.05) is 17.8 Å². The third-order valence-corrected chi connectivity index (χ3v) is 2.89. The highest BCUT2D eigenvalue weighted by atomic mass is 14.9. The van der Waals surface area contributed by atoms with E-state index in [9.17, 15) is 0 Å². The molecule has 0 fully saturated rings. The van der Waals surface area contributed by atoms with E-state index in [1.807, 2.05) is 37.3 Å². The first-order chi connectivity index (χ1) is 8.75. The molecule has 3 aromatic heterocycles. The highest BCUT2D eigenvalue weighted by Crippen LogP contribution is 2.23. The SMILES string of the molecule is Cc1cccnc1-c1ccc2ccnc(N)c2n1. The van der Waals surface area contributed by atoms with Gasteiger partial charge < -0.3 is 5.73 Å². The monoisotopic (exact) mass is 236 g/mol. The molecule has 0 aliphatic rings. The fourth-order valence-electron chi connectivity index (χ4n) is 1.95. The molecule has 88 valence electrons. The molecule has 0 aliphatic carbocycles. The molecule has 0 bridgehead atoms. The van der Waals surface area contributed by atoms with Gasteiger partial charge >= 0.3 is 0 Å². The molecule has 2 N–H and O–H groups in total. The maximum absolute atomic E-state index is 5.85. The van der Waals surface area contributed by atoms with Crippen molar-refractivity contribution in [1.29, 1.82) is 0 Å². The summed E-state index contributed by atoms with van der Waals surface area (Å²) in [6.07, 6.45) is 3.45. The highest BCUT2D eigenvalue weighted by molar-refractivity contribution is 5.88. The molecule has 3 heterocycles. The van der Waals surface area contributed by atoms with Gasteiger partial charge in [0.05, 0.1) is 11.4 Å². The minimum Gasteiger partial charge on any atom is -0.382 e. The van der Waals surface area contributed by atoms with E-state index in [4.69, 9.17) is 5.73 Å². The standard InChI is InChI=1S/C14H12N4/c1-9-3-2-7-16-12(9)11-5-4-10-6-8-17-14(15)13(10)18-11/h2-8H,1H3,(H2,15,17). The van der Waals surface area contributed by atoms with Crippen molar-refractivity contribution >= 4 is 16.7 Å². The minimum atomic E-state index is 0.447. The number of nitrogens with two attached hydrogens (primary N) is 1. The fraction of sp³-hybridized carbons (Fsp3) is 0.0714. The van der Waals surface area contributed by atoms with Crippen LogP contribution in [0.1, 0.15) is 5.56 Å². The highest BCUT2D eigenvalue weighted by Gasteiger charge is 2.07. The normalized spacial score (nSPS) is 10.7. The Labute approximate surface area is 105 Å². The van der Waals surface area contributed by atoms with E-state index in [1.165, 1.54) is 0 Å². The molecule has 0 amide bonds. The second kappa shape index (κ2) is 4.07. The number of fused-ring (bicyclic) bond motifs is 1. The summed E-state index contributed by atoms with van der Waals surface area (Å²) in [6.45, 7) is 2.01. The molecule has 0 atom stereocenters. The number of rotatable bonds is 1. The number of pyridine rings is 3. The fourth-order valence-corrected chi connectivity index (χ4v) is 1.95. The third kappa shape index (κ3) is 1.68. The molecular formula is C14H12N4. The Morgan fingerprint density at radius 1 is 1.00 bits per heavy atom. The average Bonchev–Trinajstić information content (AvgIpc) is 2.40. The molecule has 18 heavy (non-hydrogen) atoms. The molecular weight excluding hydrogens is 224 g/mol. The predicted molar refractivity (Wildman–Crippen MR) is 71.9 cm³/mol. The van der Waals surface area contributed by atoms with Gasteiger partial charge in [0.25, 0.3) is 0 Å². The van der Waals surface area contributed by atoms with Crippen molar-refractivity contribution in [2.75, 3.05) is 5.73 Å². The first-order valence-electron chi connectivity index (χ1n) is 5.69. The third-order valence-electron chi connectivity index (χ3n) is 2.89. The van der Waals surface area contributed by atoms with Crippen LogP contribution in [0.2, 0.25) is 0 Å². The number of hydrogen-bond donors (Lipinski definition) is 1. The van der Waals surface area contributed by atoms with Gasteiger partial charge in [0.2, 0.25) is 0 Å². The second-order valence-corrected chi connectivity index (χ2v) is 4.13. The van der Waals surface area contributed by atoms with Crippen molar-refractivity contribution in [3.8, 4) is 11.4 Å². The molecule has 0 spiro atoms. The lowest BCUT2D eigenvalue weighted by Crippen LogP contribution is -1.96. The number of nitrogen functional groups attached to an aromatic ring is 1. The summed E-state index contributed by atoms with van der Waals surface area (Å²) in [4.78, 5) is 13.0. The van der Waals surface area contributed by atoms with Crippen molar-refractivity contribution in [2.45, 2.75) is 6.92 Å². The summed E-state index contributed by atoms with van der Waals surface area (Å²) in [5.74, 6) is 0.447.